The average molecular weight is 479 g/mol. The van der Waals surface area contributed by atoms with Crippen molar-refractivity contribution in [3.8, 4) is 11.5 Å². The molecule has 7 heteroatoms. The molecule has 0 saturated heterocycles. The number of carbonyl (C=O) groups excluding carboxylic acids is 2. The second kappa shape index (κ2) is 13.9. The van der Waals surface area contributed by atoms with E-state index < -0.39 is 0 Å². The van der Waals surface area contributed by atoms with Crippen molar-refractivity contribution < 1.29 is 19.1 Å². The molecule has 0 heterocycles. The van der Waals surface area contributed by atoms with Crippen molar-refractivity contribution in [3.63, 3.8) is 0 Å². The van der Waals surface area contributed by atoms with E-state index in [0.717, 1.165) is 49.1 Å². The van der Waals surface area contributed by atoms with Crippen LogP contribution < -0.4 is 14.8 Å². The van der Waals surface area contributed by atoms with E-state index in [9.17, 15) is 9.59 Å². The Labute approximate surface area is 205 Å². The van der Waals surface area contributed by atoms with Gasteiger partial charge in [0.2, 0.25) is 5.91 Å². The summed E-state index contributed by atoms with van der Waals surface area (Å²) in [5.41, 5.74) is 1.92. The molecule has 1 fully saturated rings. The SMILES string of the molecule is CCCc1cc(OC(=O)CCCC(=O)NCC2(S)CCCCC2)c(C)cc1OCCN(C)C. The van der Waals surface area contributed by atoms with Gasteiger partial charge in [0, 0.05) is 30.7 Å². The lowest BCUT2D eigenvalue weighted by Crippen LogP contribution is -2.40. The molecule has 1 aromatic rings. The van der Waals surface area contributed by atoms with Crippen LogP contribution in [0.1, 0.15) is 75.8 Å². The number of benzene rings is 1. The quantitative estimate of drug-likeness (QED) is 0.244. The lowest BCUT2D eigenvalue weighted by Gasteiger charge is -2.32. The third-order valence-corrected chi connectivity index (χ3v) is 6.69. The summed E-state index contributed by atoms with van der Waals surface area (Å²) in [6.07, 6.45) is 8.52. The maximum atomic E-state index is 12.4. The Balaban J connectivity index is 1.81. The number of hydrogen-bond donors (Lipinski definition) is 2. The number of ether oxygens (including phenoxy) is 2. The molecule has 0 atom stereocenters. The second-order valence-corrected chi connectivity index (χ2v) is 10.5. The fraction of sp³-hybridized carbons (Fsp3) is 0.692. The Hall–Kier alpha value is -1.73. The lowest BCUT2D eigenvalue weighted by atomic mass is 9.88. The molecule has 0 unspecified atom stereocenters. The number of thiol groups is 1. The molecule has 0 aliphatic heterocycles. The van der Waals surface area contributed by atoms with Crippen LogP contribution in [0.2, 0.25) is 0 Å². The Morgan fingerprint density at radius 2 is 1.85 bits per heavy atom. The van der Waals surface area contributed by atoms with Crippen LogP contribution in [-0.4, -0.2) is 55.3 Å². The molecule has 33 heavy (non-hydrogen) atoms. The first kappa shape index (κ1) is 27.5. The third kappa shape index (κ3) is 9.97. The molecule has 1 aliphatic carbocycles. The first-order valence-electron chi connectivity index (χ1n) is 12.3. The van der Waals surface area contributed by atoms with Crippen molar-refractivity contribution >= 4 is 24.5 Å². The summed E-state index contributed by atoms with van der Waals surface area (Å²) < 4.78 is 11.5. The van der Waals surface area contributed by atoms with Crippen molar-refractivity contribution in [2.75, 3.05) is 33.8 Å². The highest BCUT2D eigenvalue weighted by molar-refractivity contribution is 7.81. The van der Waals surface area contributed by atoms with Crippen LogP contribution in [0.4, 0.5) is 0 Å². The summed E-state index contributed by atoms with van der Waals surface area (Å²) >= 11 is 4.77. The second-order valence-electron chi connectivity index (χ2n) is 9.52. The highest BCUT2D eigenvalue weighted by atomic mass is 32.1. The first-order chi connectivity index (χ1) is 15.7. The monoisotopic (exact) mass is 478 g/mol. The number of likely N-dealkylation sites (N-methyl/N-ethyl adjacent to an activating group) is 1. The highest BCUT2D eigenvalue weighted by Gasteiger charge is 2.28. The molecule has 2 rings (SSSR count). The van der Waals surface area contributed by atoms with Gasteiger partial charge in [-0.15, -0.1) is 0 Å². The smallest absolute Gasteiger partial charge is 0.311 e. The molecule has 1 aliphatic rings. The summed E-state index contributed by atoms with van der Waals surface area (Å²) in [5, 5.41) is 2.99. The van der Waals surface area contributed by atoms with E-state index in [0.29, 0.717) is 31.7 Å². The van der Waals surface area contributed by atoms with Crippen molar-refractivity contribution in [1.29, 1.82) is 0 Å². The number of nitrogens with one attached hydrogen (secondary N) is 1. The van der Waals surface area contributed by atoms with Crippen LogP contribution in [-0.2, 0) is 16.0 Å². The van der Waals surface area contributed by atoms with Gasteiger partial charge in [-0.3, -0.25) is 9.59 Å². The predicted molar refractivity (Wildman–Crippen MR) is 137 cm³/mol. The zero-order valence-corrected chi connectivity index (χ0v) is 21.8. The van der Waals surface area contributed by atoms with Crippen molar-refractivity contribution in [2.24, 2.45) is 0 Å². The van der Waals surface area contributed by atoms with Crippen LogP contribution in [0, 0.1) is 6.92 Å². The number of aryl methyl sites for hydroxylation is 2. The molecule has 1 aromatic carbocycles. The summed E-state index contributed by atoms with van der Waals surface area (Å²) in [7, 11) is 4.03. The topological polar surface area (TPSA) is 67.9 Å². The number of carbonyl (C=O) groups is 2. The summed E-state index contributed by atoms with van der Waals surface area (Å²) in [6, 6.07) is 3.88. The van der Waals surface area contributed by atoms with Gasteiger partial charge in [0.15, 0.2) is 0 Å². The summed E-state index contributed by atoms with van der Waals surface area (Å²) in [6.45, 7) is 6.08. The van der Waals surface area contributed by atoms with Crippen molar-refractivity contribution in [1.82, 2.24) is 10.2 Å². The van der Waals surface area contributed by atoms with Gasteiger partial charge in [-0.1, -0.05) is 32.6 Å². The molecule has 1 amide bonds. The first-order valence-corrected chi connectivity index (χ1v) is 12.8. The van der Waals surface area contributed by atoms with Crippen LogP contribution >= 0.6 is 12.6 Å². The van der Waals surface area contributed by atoms with Gasteiger partial charge in [0.05, 0.1) is 0 Å². The van der Waals surface area contributed by atoms with Crippen molar-refractivity contribution in [3.05, 3.63) is 23.3 Å². The van der Waals surface area contributed by atoms with E-state index in [1.54, 1.807) is 0 Å². The van der Waals surface area contributed by atoms with Gasteiger partial charge in [-0.05, 0) is 70.0 Å². The summed E-state index contributed by atoms with van der Waals surface area (Å²) in [5.74, 6) is 1.09. The molecule has 186 valence electrons. The largest absolute Gasteiger partial charge is 0.492 e. The van der Waals surface area contributed by atoms with E-state index in [2.05, 4.69) is 17.1 Å². The zero-order valence-electron chi connectivity index (χ0n) is 20.9. The molecule has 1 N–H and O–H groups in total. The maximum absolute atomic E-state index is 12.4. The van der Waals surface area contributed by atoms with E-state index >= 15 is 0 Å². The van der Waals surface area contributed by atoms with Gasteiger partial charge in [0.25, 0.3) is 0 Å². The minimum Gasteiger partial charge on any atom is -0.492 e. The number of hydrogen-bond acceptors (Lipinski definition) is 6. The number of nitrogens with zero attached hydrogens (tertiary/aromatic N) is 1. The molecule has 0 spiro atoms. The normalized spacial score (nSPS) is 15.3. The van der Waals surface area contributed by atoms with Crippen LogP contribution in [0.25, 0.3) is 0 Å². The van der Waals surface area contributed by atoms with E-state index in [4.69, 9.17) is 22.1 Å². The fourth-order valence-corrected chi connectivity index (χ4v) is 4.45. The average Bonchev–Trinajstić information content (AvgIpc) is 2.76. The zero-order chi connectivity index (χ0) is 24.3. The standard InChI is InChI=1S/C26H42N2O4S/c1-5-10-21-18-22(20(2)17-23(21)31-16-15-28(3)4)32-25(30)12-9-11-24(29)27-19-26(33)13-7-6-8-14-26/h17-18,33H,5-16,19H2,1-4H3,(H,27,29). The summed E-state index contributed by atoms with van der Waals surface area (Å²) in [4.78, 5) is 26.7. The van der Waals surface area contributed by atoms with E-state index in [-0.39, 0.29) is 23.0 Å². The Morgan fingerprint density at radius 3 is 2.52 bits per heavy atom. The Bertz CT molecular complexity index is 776. The van der Waals surface area contributed by atoms with Crippen molar-refractivity contribution in [2.45, 2.75) is 82.8 Å². The molecule has 0 radical (unpaired) electrons. The molecule has 6 nitrogen and oxygen atoms in total. The molecule has 0 bridgehead atoms. The Morgan fingerprint density at radius 1 is 1.12 bits per heavy atom. The molecule has 0 aromatic heterocycles. The van der Waals surface area contributed by atoms with Crippen LogP contribution in [0.5, 0.6) is 11.5 Å². The predicted octanol–water partition coefficient (Wildman–Crippen LogP) is 4.71. The minimum absolute atomic E-state index is 0.0255. The maximum Gasteiger partial charge on any atom is 0.311 e. The van der Waals surface area contributed by atoms with E-state index in [1.165, 1.54) is 19.3 Å². The van der Waals surface area contributed by atoms with Gasteiger partial charge in [0.1, 0.15) is 18.1 Å². The Kier molecular flexibility index (Phi) is 11.5. The van der Waals surface area contributed by atoms with Gasteiger partial charge < -0.3 is 19.7 Å². The molecular formula is C26H42N2O4S. The third-order valence-electron chi connectivity index (χ3n) is 6.08. The van der Waals surface area contributed by atoms with Crippen LogP contribution in [0.15, 0.2) is 12.1 Å². The number of esters is 1. The minimum atomic E-state index is -0.312. The van der Waals surface area contributed by atoms with Gasteiger partial charge in [-0.25, -0.2) is 0 Å². The molecular weight excluding hydrogens is 436 g/mol. The van der Waals surface area contributed by atoms with E-state index in [1.807, 2.05) is 33.2 Å². The lowest BCUT2D eigenvalue weighted by molar-refractivity contribution is -0.134. The highest BCUT2D eigenvalue weighted by Crippen LogP contribution is 2.33. The van der Waals surface area contributed by atoms with Gasteiger partial charge >= 0.3 is 5.97 Å². The van der Waals surface area contributed by atoms with Crippen LogP contribution in [0.3, 0.4) is 0 Å². The van der Waals surface area contributed by atoms with Gasteiger partial charge in [-0.2, -0.15) is 12.6 Å². The fourth-order valence-electron chi connectivity index (χ4n) is 4.06. The number of amides is 1. The number of rotatable bonds is 13. The molecule has 1 saturated carbocycles.